The fraction of sp³-hybridized carbons (Fsp3) is 0.545. The fourth-order valence-electron chi connectivity index (χ4n) is 4.38. The van der Waals surface area contributed by atoms with Gasteiger partial charge in [0.05, 0.1) is 18.7 Å². The van der Waals surface area contributed by atoms with Crippen molar-refractivity contribution in [2.45, 2.75) is 51.3 Å². The minimum absolute atomic E-state index is 0.0551. The Morgan fingerprint density at radius 3 is 2.86 bits per heavy atom. The zero-order valence-electron chi connectivity index (χ0n) is 16.7. The summed E-state index contributed by atoms with van der Waals surface area (Å²) in [6, 6.07) is 9.97. The van der Waals surface area contributed by atoms with Crippen molar-refractivity contribution >= 4 is 11.6 Å². The lowest BCUT2D eigenvalue weighted by Gasteiger charge is -2.42. The van der Waals surface area contributed by atoms with Gasteiger partial charge in [0.25, 0.3) is 5.91 Å². The van der Waals surface area contributed by atoms with Crippen LogP contribution in [0.25, 0.3) is 0 Å². The Morgan fingerprint density at radius 1 is 1.18 bits per heavy atom. The molecule has 2 aliphatic rings. The third-order valence-electron chi connectivity index (χ3n) is 5.94. The summed E-state index contributed by atoms with van der Waals surface area (Å²) < 4.78 is 8.42. The third-order valence-corrected chi connectivity index (χ3v) is 5.94. The topological polar surface area (TPSA) is 50.6 Å². The van der Waals surface area contributed by atoms with Crippen LogP contribution in [0.2, 0.25) is 0 Å². The van der Waals surface area contributed by atoms with Crippen LogP contribution < -0.4 is 4.90 Å². The highest BCUT2D eigenvalue weighted by Crippen LogP contribution is 2.33. The van der Waals surface area contributed by atoms with Crippen LogP contribution in [0.15, 0.2) is 42.7 Å². The predicted molar refractivity (Wildman–Crippen MR) is 109 cm³/mol. The van der Waals surface area contributed by atoms with Gasteiger partial charge >= 0.3 is 0 Å². The number of hydrogen-bond acceptors (Lipinski definition) is 4. The first kappa shape index (κ1) is 19.2. The smallest absolute Gasteiger partial charge is 0.253 e. The van der Waals surface area contributed by atoms with Gasteiger partial charge in [0.15, 0.2) is 0 Å². The number of para-hydroxylation sites is 1. The molecule has 6 heteroatoms. The Bertz CT molecular complexity index is 791. The van der Waals surface area contributed by atoms with E-state index in [1.54, 1.807) is 0 Å². The maximum atomic E-state index is 12.5. The molecule has 1 aromatic heterocycles. The number of benzene rings is 1. The van der Waals surface area contributed by atoms with Crippen molar-refractivity contribution in [2.75, 3.05) is 31.1 Å². The third kappa shape index (κ3) is 4.13. The van der Waals surface area contributed by atoms with E-state index in [2.05, 4.69) is 27.6 Å². The van der Waals surface area contributed by atoms with E-state index in [0.29, 0.717) is 6.54 Å². The fourth-order valence-corrected chi connectivity index (χ4v) is 4.38. The van der Waals surface area contributed by atoms with Crippen LogP contribution in [0.4, 0.5) is 5.69 Å². The Labute approximate surface area is 167 Å². The quantitative estimate of drug-likeness (QED) is 0.797. The van der Waals surface area contributed by atoms with E-state index >= 15 is 0 Å². The first-order valence-electron chi connectivity index (χ1n) is 10.4. The van der Waals surface area contributed by atoms with Crippen LogP contribution in [0.5, 0.6) is 0 Å². The van der Waals surface area contributed by atoms with Crippen LogP contribution in [-0.2, 0) is 22.6 Å². The molecule has 1 spiro atoms. The molecule has 1 unspecified atom stereocenters. The molecule has 2 aromatic rings. The predicted octanol–water partition coefficient (Wildman–Crippen LogP) is 3.08. The molecular formula is C22H30N4O2. The molecule has 0 radical (unpaired) electrons. The van der Waals surface area contributed by atoms with Gasteiger partial charge in [-0.15, -0.1) is 0 Å². The minimum atomic E-state index is -0.239. The molecular weight excluding hydrogens is 352 g/mol. The van der Waals surface area contributed by atoms with Gasteiger partial charge in [-0.2, -0.15) is 0 Å². The second-order valence-corrected chi connectivity index (χ2v) is 7.95. The van der Waals surface area contributed by atoms with E-state index < -0.39 is 0 Å². The monoisotopic (exact) mass is 382 g/mol. The summed E-state index contributed by atoms with van der Waals surface area (Å²) in [5.74, 6) is 1.20. The molecule has 4 rings (SSSR count). The van der Waals surface area contributed by atoms with Crippen LogP contribution in [0.1, 0.15) is 38.4 Å². The van der Waals surface area contributed by atoms with E-state index in [-0.39, 0.29) is 18.1 Å². The van der Waals surface area contributed by atoms with Gasteiger partial charge in [-0.05, 0) is 44.4 Å². The van der Waals surface area contributed by atoms with Gasteiger partial charge in [0.1, 0.15) is 12.4 Å². The van der Waals surface area contributed by atoms with Gasteiger partial charge in [-0.25, -0.2) is 4.98 Å². The van der Waals surface area contributed by atoms with Gasteiger partial charge in [-0.1, -0.05) is 25.1 Å². The number of carbonyl (C=O) groups is 1. The zero-order chi connectivity index (χ0) is 19.4. The molecule has 1 amide bonds. The lowest BCUT2D eigenvalue weighted by Crippen LogP contribution is -2.55. The highest BCUT2D eigenvalue weighted by molar-refractivity contribution is 5.95. The minimum Gasteiger partial charge on any atom is -0.363 e. The number of likely N-dealkylation sites (tertiary alicyclic amines) is 1. The zero-order valence-corrected chi connectivity index (χ0v) is 16.7. The highest BCUT2D eigenvalue weighted by atomic mass is 16.5. The lowest BCUT2D eigenvalue weighted by molar-refractivity contribution is -0.140. The Balaban J connectivity index is 1.43. The second kappa shape index (κ2) is 8.45. The van der Waals surface area contributed by atoms with Crippen molar-refractivity contribution in [3.63, 3.8) is 0 Å². The number of nitrogens with zero attached hydrogens (tertiary/aromatic N) is 4. The number of aryl methyl sites for hydroxylation is 1. The molecule has 0 N–H and O–H groups in total. The molecule has 0 saturated carbocycles. The molecule has 2 saturated heterocycles. The van der Waals surface area contributed by atoms with Crippen LogP contribution >= 0.6 is 0 Å². The molecule has 1 atom stereocenters. The SMILES string of the molecule is CCCn1ccnc1CN1CCCC2(CC1)CN(c1ccccc1)C(=O)CO2. The molecule has 6 nitrogen and oxygen atoms in total. The summed E-state index contributed by atoms with van der Waals surface area (Å²) in [4.78, 5) is 21.4. The average Bonchev–Trinajstić information content (AvgIpc) is 3.06. The first-order chi connectivity index (χ1) is 13.7. The largest absolute Gasteiger partial charge is 0.363 e. The summed E-state index contributed by atoms with van der Waals surface area (Å²) >= 11 is 0. The van der Waals surface area contributed by atoms with E-state index in [1.807, 2.05) is 41.4 Å². The number of imidazole rings is 1. The van der Waals surface area contributed by atoms with E-state index in [9.17, 15) is 4.79 Å². The van der Waals surface area contributed by atoms with Gasteiger partial charge in [0.2, 0.25) is 0 Å². The molecule has 0 bridgehead atoms. The summed E-state index contributed by atoms with van der Waals surface area (Å²) in [6.07, 6.45) is 8.10. The first-order valence-corrected chi connectivity index (χ1v) is 10.4. The van der Waals surface area contributed by atoms with Crippen molar-refractivity contribution in [1.82, 2.24) is 14.5 Å². The van der Waals surface area contributed by atoms with Crippen LogP contribution in [0.3, 0.4) is 0 Å². The highest BCUT2D eigenvalue weighted by Gasteiger charge is 2.41. The molecule has 28 heavy (non-hydrogen) atoms. The maximum Gasteiger partial charge on any atom is 0.253 e. The molecule has 0 aliphatic carbocycles. The normalized spacial score (nSPS) is 23.9. The number of aromatic nitrogens is 2. The molecule has 1 aromatic carbocycles. The molecule has 2 fully saturated rings. The number of anilines is 1. The Hall–Kier alpha value is -2.18. The number of ether oxygens (including phenoxy) is 1. The lowest BCUT2D eigenvalue weighted by atomic mass is 9.92. The number of amides is 1. The molecule has 3 heterocycles. The number of morpholine rings is 1. The number of rotatable bonds is 5. The van der Waals surface area contributed by atoms with Gasteiger partial charge in [0, 0.05) is 31.2 Å². The Morgan fingerprint density at radius 2 is 2.04 bits per heavy atom. The van der Waals surface area contributed by atoms with Crippen LogP contribution in [0, 0.1) is 0 Å². The molecule has 150 valence electrons. The number of carbonyl (C=O) groups excluding carboxylic acids is 1. The molecule has 2 aliphatic heterocycles. The number of hydrogen-bond donors (Lipinski definition) is 0. The Kier molecular flexibility index (Phi) is 5.78. The summed E-state index contributed by atoms with van der Waals surface area (Å²) in [7, 11) is 0. The summed E-state index contributed by atoms with van der Waals surface area (Å²) in [5.41, 5.74) is 0.732. The van der Waals surface area contributed by atoms with Gasteiger partial charge in [-0.3, -0.25) is 9.69 Å². The summed E-state index contributed by atoms with van der Waals surface area (Å²) in [6.45, 7) is 6.93. The maximum absolute atomic E-state index is 12.5. The van der Waals surface area contributed by atoms with Crippen molar-refractivity contribution < 1.29 is 9.53 Å². The van der Waals surface area contributed by atoms with E-state index in [4.69, 9.17) is 4.74 Å². The second-order valence-electron chi connectivity index (χ2n) is 7.95. The van der Waals surface area contributed by atoms with Crippen LogP contribution in [-0.4, -0.2) is 52.2 Å². The summed E-state index contributed by atoms with van der Waals surface area (Å²) in [5, 5.41) is 0. The van der Waals surface area contributed by atoms with Crippen molar-refractivity contribution in [2.24, 2.45) is 0 Å². The van der Waals surface area contributed by atoms with Crippen molar-refractivity contribution in [3.8, 4) is 0 Å². The van der Waals surface area contributed by atoms with Crippen molar-refractivity contribution in [3.05, 3.63) is 48.5 Å². The van der Waals surface area contributed by atoms with Gasteiger partial charge < -0.3 is 14.2 Å². The standard InChI is InChI=1S/C22H30N4O2/c1-2-12-25-15-11-23-20(25)16-24-13-6-9-22(10-14-24)18-26(21(27)17-28-22)19-7-4-3-5-8-19/h3-5,7-8,11,15H,2,6,9-10,12-14,16-18H2,1H3. The average molecular weight is 383 g/mol. The van der Waals surface area contributed by atoms with Crippen molar-refractivity contribution in [1.29, 1.82) is 0 Å². The van der Waals surface area contributed by atoms with E-state index in [0.717, 1.165) is 63.4 Å². The van der Waals surface area contributed by atoms with E-state index in [1.165, 1.54) is 0 Å².